The van der Waals surface area contributed by atoms with Crippen LogP contribution in [0.5, 0.6) is 5.75 Å². The summed E-state index contributed by atoms with van der Waals surface area (Å²) in [5.41, 5.74) is 2.21. The summed E-state index contributed by atoms with van der Waals surface area (Å²) in [6, 6.07) is 19.0. The van der Waals surface area contributed by atoms with Crippen LogP contribution in [0.15, 0.2) is 83.0 Å². The first-order valence-electron chi connectivity index (χ1n) is 7.92. The third-order valence-corrected chi connectivity index (χ3v) is 3.58. The lowest BCUT2D eigenvalue weighted by atomic mass is 10.2. The van der Waals surface area contributed by atoms with E-state index in [1.54, 1.807) is 48.5 Å². The van der Waals surface area contributed by atoms with Crippen molar-refractivity contribution in [1.82, 2.24) is 0 Å². The molecule has 0 unspecified atom stereocenters. The fraction of sp³-hybridized carbons (Fsp3) is 0. The minimum absolute atomic E-state index is 0.0124. The topological polar surface area (TPSA) is 94.2 Å². The van der Waals surface area contributed by atoms with Gasteiger partial charge in [-0.25, -0.2) is 4.79 Å². The van der Waals surface area contributed by atoms with E-state index >= 15 is 0 Å². The number of nitrogens with zero attached hydrogens (tertiary/aromatic N) is 3. The molecule has 7 nitrogen and oxygen atoms in total. The van der Waals surface area contributed by atoms with Crippen molar-refractivity contribution in [3.05, 3.63) is 101 Å². The molecular formula is C20H14N3O4. The Hall–Kier alpha value is -3.87. The Kier molecular flexibility index (Phi) is 5.32. The Bertz CT molecular complexity index is 979. The van der Waals surface area contributed by atoms with E-state index in [-0.39, 0.29) is 5.69 Å². The number of nitro groups is 1. The second-order valence-corrected chi connectivity index (χ2v) is 5.55. The maximum atomic E-state index is 12.1. The summed E-state index contributed by atoms with van der Waals surface area (Å²) >= 11 is 0. The molecule has 0 atom stereocenters. The standard InChI is InChI=1S/C20H14N3O4/c1-14-2-12-19(13-3-14)27-20(24)15-4-6-16(7-5-15)21-22-17-8-10-18(11-9-17)23(25)26/h2-13H,1H2. The molecule has 133 valence electrons. The number of ether oxygens (including phenoxy) is 1. The van der Waals surface area contributed by atoms with Crippen molar-refractivity contribution in [2.45, 2.75) is 0 Å². The second-order valence-electron chi connectivity index (χ2n) is 5.55. The summed E-state index contributed by atoms with van der Waals surface area (Å²) in [6.45, 7) is 3.77. The number of carbonyl (C=O) groups excluding carboxylic acids is 1. The maximum Gasteiger partial charge on any atom is 0.343 e. The Morgan fingerprint density at radius 3 is 1.89 bits per heavy atom. The fourth-order valence-corrected chi connectivity index (χ4v) is 2.14. The molecule has 3 aromatic carbocycles. The monoisotopic (exact) mass is 360 g/mol. The van der Waals surface area contributed by atoms with Crippen molar-refractivity contribution in [3.63, 3.8) is 0 Å². The molecule has 1 radical (unpaired) electrons. The zero-order chi connectivity index (χ0) is 19.2. The molecular weight excluding hydrogens is 346 g/mol. The lowest BCUT2D eigenvalue weighted by Gasteiger charge is -2.04. The van der Waals surface area contributed by atoms with Crippen molar-refractivity contribution in [2.75, 3.05) is 0 Å². The Morgan fingerprint density at radius 1 is 0.852 bits per heavy atom. The van der Waals surface area contributed by atoms with E-state index in [2.05, 4.69) is 17.2 Å². The minimum atomic E-state index is -0.481. The average Bonchev–Trinajstić information content (AvgIpc) is 2.69. The predicted molar refractivity (Wildman–Crippen MR) is 99.6 cm³/mol. The summed E-state index contributed by atoms with van der Waals surface area (Å²) in [5, 5.41) is 18.7. The van der Waals surface area contributed by atoms with Crippen molar-refractivity contribution < 1.29 is 14.5 Å². The van der Waals surface area contributed by atoms with E-state index < -0.39 is 10.9 Å². The molecule has 27 heavy (non-hydrogen) atoms. The van der Waals surface area contributed by atoms with Crippen LogP contribution in [0, 0.1) is 17.0 Å². The van der Waals surface area contributed by atoms with Gasteiger partial charge >= 0.3 is 5.97 Å². The number of hydrogen-bond acceptors (Lipinski definition) is 6. The molecule has 0 aliphatic rings. The lowest BCUT2D eigenvalue weighted by molar-refractivity contribution is -0.384. The molecule has 0 saturated heterocycles. The fourth-order valence-electron chi connectivity index (χ4n) is 2.14. The highest BCUT2D eigenvalue weighted by Crippen LogP contribution is 2.22. The van der Waals surface area contributed by atoms with Crippen LogP contribution in [0.25, 0.3) is 0 Å². The van der Waals surface area contributed by atoms with Gasteiger partial charge in [0.2, 0.25) is 0 Å². The maximum absolute atomic E-state index is 12.1. The number of rotatable bonds is 5. The highest BCUT2D eigenvalue weighted by atomic mass is 16.6. The molecule has 0 aromatic heterocycles. The molecule has 0 heterocycles. The van der Waals surface area contributed by atoms with Crippen molar-refractivity contribution in [1.29, 1.82) is 0 Å². The highest BCUT2D eigenvalue weighted by Gasteiger charge is 2.08. The summed E-state index contributed by atoms with van der Waals surface area (Å²) in [4.78, 5) is 22.3. The summed E-state index contributed by atoms with van der Waals surface area (Å²) in [5.74, 6) is -0.0417. The number of carbonyl (C=O) groups is 1. The van der Waals surface area contributed by atoms with Crippen LogP contribution >= 0.6 is 0 Å². The smallest absolute Gasteiger partial charge is 0.343 e. The van der Waals surface area contributed by atoms with E-state index in [1.807, 2.05) is 0 Å². The third-order valence-electron chi connectivity index (χ3n) is 3.58. The average molecular weight is 360 g/mol. The van der Waals surface area contributed by atoms with Gasteiger partial charge in [0, 0.05) is 12.1 Å². The molecule has 0 bridgehead atoms. The SMILES string of the molecule is [CH2]c1ccc(OC(=O)c2ccc(N=Nc3ccc([N+](=O)[O-])cc3)cc2)cc1. The van der Waals surface area contributed by atoms with Gasteiger partial charge in [0.15, 0.2) is 0 Å². The van der Waals surface area contributed by atoms with Gasteiger partial charge in [0.25, 0.3) is 5.69 Å². The van der Waals surface area contributed by atoms with E-state index in [0.29, 0.717) is 22.7 Å². The molecule has 3 rings (SSSR count). The minimum Gasteiger partial charge on any atom is -0.423 e. The summed E-state index contributed by atoms with van der Waals surface area (Å²) < 4.78 is 5.28. The van der Waals surface area contributed by atoms with Crippen molar-refractivity contribution in [2.24, 2.45) is 10.2 Å². The first-order chi connectivity index (χ1) is 13.0. The number of hydrogen-bond donors (Lipinski definition) is 0. The molecule has 0 aliphatic heterocycles. The van der Waals surface area contributed by atoms with Gasteiger partial charge in [-0.15, -0.1) is 0 Å². The van der Waals surface area contributed by atoms with Gasteiger partial charge in [-0.2, -0.15) is 10.2 Å². The van der Waals surface area contributed by atoms with Crippen molar-refractivity contribution >= 4 is 23.0 Å². The molecule has 0 aliphatic carbocycles. The lowest BCUT2D eigenvalue weighted by Crippen LogP contribution is -2.07. The number of benzene rings is 3. The van der Waals surface area contributed by atoms with E-state index in [0.717, 1.165) is 5.56 Å². The molecule has 0 spiro atoms. The Balaban J connectivity index is 1.64. The number of non-ortho nitro benzene ring substituents is 1. The van der Waals surface area contributed by atoms with Crippen LogP contribution in [0.1, 0.15) is 15.9 Å². The van der Waals surface area contributed by atoms with E-state index in [4.69, 9.17) is 4.74 Å². The van der Waals surface area contributed by atoms with E-state index in [9.17, 15) is 14.9 Å². The largest absolute Gasteiger partial charge is 0.423 e. The normalized spacial score (nSPS) is 10.7. The second kappa shape index (κ2) is 8.01. The first kappa shape index (κ1) is 17.9. The number of nitro benzene ring substituents is 1. The molecule has 0 saturated carbocycles. The van der Waals surface area contributed by atoms with Crippen LogP contribution in [0.3, 0.4) is 0 Å². The summed E-state index contributed by atoms with van der Waals surface area (Å²) in [7, 11) is 0. The van der Waals surface area contributed by atoms with Gasteiger partial charge in [-0.05, 0) is 61.0 Å². The third kappa shape index (κ3) is 4.82. The molecule has 0 amide bonds. The summed E-state index contributed by atoms with van der Waals surface area (Å²) in [6.07, 6.45) is 0. The molecule has 0 fully saturated rings. The van der Waals surface area contributed by atoms with Crippen LogP contribution < -0.4 is 4.74 Å². The van der Waals surface area contributed by atoms with Gasteiger partial charge in [0.1, 0.15) is 5.75 Å². The van der Waals surface area contributed by atoms with E-state index in [1.165, 1.54) is 24.3 Å². The predicted octanol–water partition coefficient (Wildman–Crippen LogP) is 5.41. The van der Waals surface area contributed by atoms with Crippen LogP contribution in [0.2, 0.25) is 0 Å². The number of azo groups is 1. The van der Waals surface area contributed by atoms with Gasteiger partial charge in [-0.3, -0.25) is 10.1 Å². The molecule has 7 heteroatoms. The van der Waals surface area contributed by atoms with Gasteiger partial charge < -0.3 is 4.74 Å². The molecule has 0 N–H and O–H groups in total. The first-order valence-corrected chi connectivity index (χ1v) is 7.92. The Morgan fingerprint density at radius 2 is 1.37 bits per heavy atom. The quantitative estimate of drug-likeness (QED) is 0.200. The molecule has 3 aromatic rings. The zero-order valence-electron chi connectivity index (χ0n) is 14.1. The van der Waals surface area contributed by atoms with Gasteiger partial charge in [-0.1, -0.05) is 12.1 Å². The van der Waals surface area contributed by atoms with Gasteiger partial charge in [0.05, 0.1) is 21.9 Å². The van der Waals surface area contributed by atoms with Crippen LogP contribution in [-0.4, -0.2) is 10.9 Å². The van der Waals surface area contributed by atoms with Crippen LogP contribution in [0.4, 0.5) is 17.1 Å². The number of esters is 1. The highest BCUT2D eigenvalue weighted by molar-refractivity contribution is 5.91. The Labute approximate surface area is 155 Å². The van der Waals surface area contributed by atoms with Crippen molar-refractivity contribution in [3.8, 4) is 5.75 Å². The zero-order valence-corrected chi connectivity index (χ0v) is 14.1. The van der Waals surface area contributed by atoms with Crippen LogP contribution in [-0.2, 0) is 0 Å².